The number of halogens is 1. The number of fused-ring (bicyclic) bond motifs is 1. The van der Waals surface area contributed by atoms with Gasteiger partial charge in [0.05, 0.1) is 22.3 Å². The van der Waals surface area contributed by atoms with Crippen LogP contribution in [0.5, 0.6) is 0 Å². The molecule has 0 atom stereocenters. The summed E-state index contributed by atoms with van der Waals surface area (Å²) >= 11 is 4.94. The highest BCUT2D eigenvalue weighted by Crippen LogP contribution is 2.24. The lowest BCUT2D eigenvalue weighted by Crippen LogP contribution is -2.23. The molecule has 7 heteroatoms. The maximum absolute atomic E-state index is 13.0. The van der Waals surface area contributed by atoms with Crippen LogP contribution in [0.3, 0.4) is 0 Å². The van der Waals surface area contributed by atoms with Crippen LogP contribution in [-0.2, 0) is 12.3 Å². The average molecular weight is 436 g/mol. The Morgan fingerprint density at radius 3 is 2.73 bits per heavy atom. The largest absolute Gasteiger partial charge is 0.445 e. The molecule has 2 heterocycles. The van der Waals surface area contributed by atoms with Gasteiger partial charge in [-0.15, -0.1) is 0 Å². The first kappa shape index (κ1) is 19.2. The van der Waals surface area contributed by atoms with Crippen molar-refractivity contribution in [3.63, 3.8) is 0 Å². The second kappa shape index (κ2) is 8.39. The van der Waals surface area contributed by atoms with Gasteiger partial charge in [-0.1, -0.05) is 47.5 Å². The van der Waals surface area contributed by atoms with Gasteiger partial charge in [0.1, 0.15) is 5.76 Å². The van der Waals surface area contributed by atoms with Gasteiger partial charge in [0.25, 0.3) is 5.56 Å². The Balaban J connectivity index is 1.96. The van der Waals surface area contributed by atoms with Crippen LogP contribution in [0.15, 0.2) is 37.0 Å². The zero-order valence-corrected chi connectivity index (χ0v) is 17.6. The topological polar surface area (TPSA) is 60.9 Å². The first-order chi connectivity index (χ1) is 12.5. The third-order valence-electron chi connectivity index (χ3n) is 4.26. The molecule has 0 radical (unpaired) electrons. The van der Waals surface area contributed by atoms with Crippen molar-refractivity contribution in [2.75, 3.05) is 0 Å². The standard InChI is InChI=1S/C19H22BrN3O2S/c1-4-5-6-9-23-18(24)15-10-14(20)7-8-16(15)22-19(23)26-11-17-21-12(2)13(3)25-17/h7-8,10H,4-6,9,11H2,1-3H3. The molecule has 2 aromatic heterocycles. The molecule has 0 unspecified atom stereocenters. The Morgan fingerprint density at radius 1 is 1.23 bits per heavy atom. The molecule has 3 aromatic rings. The average Bonchev–Trinajstić information content (AvgIpc) is 2.94. The number of hydrogen-bond acceptors (Lipinski definition) is 5. The third-order valence-corrected chi connectivity index (χ3v) is 5.72. The first-order valence-electron chi connectivity index (χ1n) is 8.75. The zero-order chi connectivity index (χ0) is 18.7. The summed E-state index contributed by atoms with van der Waals surface area (Å²) in [6, 6.07) is 5.63. The minimum absolute atomic E-state index is 0.00895. The number of hydrogen-bond donors (Lipinski definition) is 0. The normalized spacial score (nSPS) is 11.4. The summed E-state index contributed by atoms with van der Waals surface area (Å²) in [6.45, 7) is 6.67. The Labute approximate surface area is 165 Å². The Bertz CT molecular complexity index is 961. The zero-order valence-electron chi connectivity index (χ0n) is 15.2. The number of aryl methyl sites for hydroxylation is 2. The van der Waals surface area contributed by atoms with E-state index < -0.39 is 0 Å². The predicted octanol–water partition coefficient (Wildman–Crippen LogP) is 5.25. The molecular formula is C19H22BrN3O2S. The van der Waals surface area contributed by atoms with E-state index in [1.54, 1.807) is 4.57 Å². The SMILES string of the molecule is CCCCCn1c(SCc2nc(C)c(C)o2)nc2ccc(Br)cc2c1=O. The molecule has 0 N–H and O–H groups in total. The van der Waals surface area contributed by atoms with Crippen molar-refractivity contribution in [2.24, 2.45) is 0 Å². The fraction of sp³-hybridized carbons (Fsp3) is 0.421. The van der Waals surface area contributed by atoms with E-state index in [9.17, 15) is 4.79 Å². The van der Waals surface area contributed by atoms with Crippen LogP contribution < -0.4 is 5.56 Å². The monoisotopic (exact) mass is 435 g/mol. The van der Waals surface area contributed by atoms with Gasteiger partial charge in [-0.2, -0.15) is 0 Å². The summed E-state index contributed by atoms with van der Waals surface area (Å²) in [4.78, 5) is 22.2. The third kappa shape index (κ3) is 4.20. The maximum atomic E-state index is 13.0. The lowest BCUT2D eigenvalue weighted by Gasteiger charge is -2.12. The fourth-order valence-electron chi connectivity index (χ4n) is 2.73. The summed E-state index contributed by atoms with van der Waals surface area (Å²) in [5.74, 6) is 2.05. The molecule has 0 aliphatic heterocycles. The van der Waals surface area contributed by atoms with Gasteiger partial charge >= 0.3 is 0 Å². The highest BCUT2D eigenvalue weighted by atomic mass is 79.9. The van der Waals surface area contributed by atoms with Gasteiger partial charge in [0.15, 0.2) is 5.16 Å². The molecule has 5 nitrogen and oxygen atoms in total. The van der Waals surface area contributed by atoms with Crippen molar-refractivity contribution in [3.8, 4) is 0 Å². The van der Waals surface area contributed by atoms with E-state index in [4.69, 9.17) is 9.40 Å². The lowest BCUT2D eigenvalue weighted by atomic mass is 10.2. The maximum Gasteiger partial charge on any atom is 0.262 e. The second-order valence-electron chi connectivity index (χ2n) is 6.26. The van der Waals surface area contributed by atoms with E-state index in [2.05, 4.69) is 27.8 Å². The molecule has 0 saturated carbocycles. The number of thioether (sulfide) groups is 1. The van der Waals surface area contributed by atoms with E-state index in [1.165, 1.54) is 11.8 Å². The molecule has 26 heavy (non-hydrogen) atoms. The molecule has 0 spiro atoms. The lowest BCUT2D eigenvalue weighted by molar-refractivity contribution is 0.489. The van der Waals surface area contributed by atoms with Gasteiger partial charge in [0, 0.05) is 11.0 Å². The number of unbranched alkanes of at least 4 members (excludes halogenated alkanes) is 2. The molecular weight excluding hydrogens is 414 g/mol. The van der Waals surface area contributed by atoms with Crippen molar-refractivity contribution in [2.45, 2.75) is 57.5 Å². The van der Waals surface area contributed by atoms with Gasteiger partial charge in [-0.3, -0.25) is 9.36 Å². The minimum Gasteiger partial charge on any atom is -0.445 e. The number of rotatable bonds is 7. The highest BCUT2D eigenvalue weighted by Gasteiger charge is 2.14. The van der Waals surface area contributed by atoms with Crippen LogP contribution in [0.2, 0.25) is 0 Å². The molecule has 0 saturated heterocycles. The van der Waals surface area contributed by atoms with Gasteiger partial charge in [0.2, 0.25) is 5.89 Å². The van der Waals surface area contributed by atoms with Crippen molar-refractivity contribution in [3.05, 3.63) is 50.4 Å². The summed E-state index contributed by atoms with van der Waals surface area (Å²) < 4.78 is 8.33. The van der Waals surface area contributed by atoms with E-state index in [-0.39, 0.29) is 5.56 Å². The molecule has 0 bridgehead atoms. The molecule has 1 aromatic carbocycles. The summed E-state index contributed by atoms with van der Waals surface area (Å²) in [5.41, 5.74) is 1.62. The predicted molar refractivity (Wildman–Crippen MR) is 109 cm³/mol. The van der Waals surface area contributed by atoms with E-state index in [0.717, 1.165) is 40.3 Å². The van der Waals surface area contributed by atoms with Gasteiger partial charge in [-0.25, -0.2) is 9.97 Å². The molecule has 0 aliphatic carbocycles. The van der Waals surface area contributed by atoms with Crippen LogP contribution >= 0.6 is 27.7 Å². The van der Waals surface area contributed by atoms with Crippen molar-refractivity contribution in [1.82, 2.24) is 14.5 Å². The van der Waals surface area contributed by atoms with Crippen LogP contribution in [0.1, 0.15) is 43.5 Å². The van der Waals surface area contributed by atoms with Crippen LogP contribution in [0.25, 0.3) is 10.9 Å². The molecule has 138 valence electrons. The van der Waals surface area contributed by atoms with E-state index in [0.29, 0.717) is 29.1 Å². The van der Waals surface area contributed by atoms with Crippen molar-refractivity contribution < 1.29 is 4.42 Å². The number of oxazole rings is 1. The Morgan fingerprint density at radius 2 is 2.04 bits per heavy atom. The molecule has 0 amide bonds. The number of nitrogens with zero attached hydrogens (tertiary/aromatic N) is 3. The first-order valence-corrected chi connectivity index (χ1v) is 10.5. The quantitative estimate of drug-likeness (QED) is 0.288. The Kier molecular flexibility index (Phi) is 6.19. The van der Waals surface area contributed by atoms with E-state index in [1.807, 2.05) is 32.0 Å². The van der Waals surface area contributed by atoms with E-state index >= 15 is 0 Å². The second-order valence-corrected chi connectivity index (χ2v) is 8.12. The van der Waals surface area contributed by atoms with Crippen molar-refractivity contribution >= 4 is 38.6 Å². The van der Waals surface area contributed by atoms with Crippen molar-refractivity contribution in [1.29, 1.82) is 0 Å². The fourth-order valence-corrected chi connectivity index (χ4v) is 3.96. The van der Waals surface area contributed by atoms with Gasteiger partial charge < -0.3 is 4.42 Å². The van der Waals surface area contributed by atoms with Crippen LogP contribution in [0.4, 0.5) is 0 Å². The number of aromatic nitrogens is 3. The minimum atomic E-state index is 0.00895. The van der Waals surface area contributed by atoms with Crippen LogP contribution in [-0.4, -0.2) is 14.5 Å². The van der Waals surface area contributed by atoms with Gasteiger partial charge in [-0.05, 0) is 38.5 Å². The summed E-state index contributed by atoms with van der Waals surface area (Å²) in [6.07, 6.45) is 3.16. The molecule has 0 fully saturated rings. The number of benzene rings is 1. The Hall–Kier alpha value is -1.60. The molecule has 3 rings (SSSR count). The van der Waals surface area contributed by atoms with Crippen LogP contribution in [0, 0.1) is 13.8 Å². The highest BCUT2D eigenvalue weighted by molar-refractivity contribution is 9.10. The summed E-state index contributed by atoms with van der Waals surface area (Å²) in [7, 11) is 0. The summed E-state index contributed by atoms with van der Waals surface area (Å²) in [5, 5.41) is 1.36. The molecule has 0 aliphatic rings. The smallest absolute Gasteiger partial charge is 0.262 e.